The summed E-state index contributed by atoms with van der Waals surface area (Å²) in [5.41, 5.74) is 2.25. The second kappa shape index (κ2) is 11.0. The van der Waals surface area contributed by atoms with Crippen LogP contribution in [0.1, 0.15) is 36.1 Å². The number of nitrogens with zero attached hydrogens (tertiary/aromatic N) is 4. The van der Waals surface area contributed by atoms with Crippen molar-refractivity contribution in [3.63, 3.8) is 0 Å². The van der Waals surface area contributed by atoms with Gasteiger partial charge in [0.05, 0.1) is 6.61 Å². The Morgan fingerprint density at radius 3 is 2.47 bits per heavy atom. The standard InChI is InChI=1S/C26H35FN4O2S/c27-22-5-7-23(8-6-22)29-14-16-30(17-15-29)26(32)31-13-9-24-21(20-31)19-25(34-24)33-18-4-12-28-10-2-1-3-11-28/h5-8,19H,1-4,9-18,20H2. The van der Waals surface area contributed by atoms with E-state index < -0.39 is 0 Å². The van der Waals surface area contributed by atoms with Gasteiger partial charge in [0.25, 0.3) is 0 Å². The van der Waals surface area contributed by atoms with Crippen LogP contribution < -0.4 is 9.64 Å². The van der Waals surface area contributed by atoms with Gasteiger partial charge in [0, 0.05) is 56.4 Å². The molecule has 8 heteroatoms. The minimum absolute atomic E-state index is 0.125. The lowest BCUT2D eigenvalue weighted by Crippen LogP contribution is -2.53. The molecule has 5 rings (SSSR count). The van der Waals surface area contributed by atoms with E-state index in [0.29, 0.717) is 19.6 Å². The molecule has 0 spiro atoms. The minimum atomic E-state index is -0.221. The predicted molar refractivity (Wildman–Crippen MR) is 134 cm³/mol. The first-order valence-corrected chi connectivity index (χ1v) is 13.5. The van der Waals surface area contributed by atoms with Gasteiger partial charge >= 0.3 is 6.03 Å². The second-order valence-electron chi connectivity index (χ2n) is 9.52. The summed E-state index contributed by atoms with van der Waals surface area (Å²) < 4.78 is 19.3. The maximum Gasteiger partial charge on any atom is 0.320 e. The number of carbonyl (C=O) groups excluding carboxylic acids is 1. The van der Waals surface area contributed by atoms with Gasteiger partial charge in [-0.3, -0.25) is 0 Å². The lowest BCUT2D eigenvalue weighted by atomic mass is 10.1. The summed E-state index contributed by atoms with van der Waals surface area (Å²) in [6, 6.07) is 8.87. The molecular weight excluding hydrogens is 451 g/mol. The van der Waals surface area contributed by atoms with Crippen molar-refractivity contribution in [3.05, 3.63) is 46.6 Å². The Morgan fingerprint density at radius 2 is 1.71 bits per heavy atom. The van der Waals surface area contributed by atoms with Crippen LogP contribution in [0.15, 0.2) is 30.3 Å². The van der Waals surface area contributed by atoms with E-state index in [1.165, 1.54) is 54.9 Å². The molecule has 3 aliphatic heterocycles. The number of hydrogen-bond donors (Lipinski definition) is 0. The Labute approximate surface area is 205 Å². The highest BCUT2D eigenvalue weighted by Gasteiger charge is 2.29. The summed E-state index contributed by atoms with van der Waals surface area (Å²) in [6.07, 6.45) is 6.00. The van der Waals surface area contributed by atoms with Crippen LogP contribution in [0.5, 0.6) is 5.06 Å². The molecule has 0 bridgehead atoms. The van der Waals surface area contributed by atoms with E-state index in [4.69, 9.17) is 4.74 Å². The number of halogens is 1. The molecule has 2 amide bonds. The fourth-order valence-corrected chi connectivity index (χ4v) is 6.23. The molecule has 4 heterocycles. The van der Waals surface area contributed by atoms with Crippen LogP contribution >= 0.6 is 11.3 Å². The SMILES string of the molecule is O=C(N1CCN(c2ccc(F)cc2)CC1)N1CCc2sc(OCCCN3CCCCC3)cc2C1. The van der Waals surface area contributed by atoms with Crippen molar-refractivity contribution in [1.29, 1.82) is 0 Å². The van der Waals surface area contributed by atoms with Gasteiger partial charge in [-0.05, 0) is 74.7 Å². The number of urea groups is 1. The number of carbonyl (C=O) groups is 1. The molecular formula is C26H35FN4O2S. The topological polar surface area (TPSA) is 39.3 Å². The summed E-state index contributed by atoms with van der Waals surface area (Å²) in [7, 11) is 0. The molecule has 0 atom stereocenters. The van der Waals surface area contributed by atoms with Crippen molar-refractivity contribution in [1.82, 2.24) is 14.7 Å². The van der Waals surface area contributed by atoms with Crippen LogP contribution in [0.25, 0.3) is 0 Å². The van der Waals surface area contributed by atoms with Gasteiger partial charge in [-0.25, -0.2) is 9.18 Å². The van der Waals surface area contributed by atoms with Gasteiger partial charge in [-0.1, -0.05) is 6.42 Å². The quantitative estimate of drug-likeness (QED) is 0.566. The lowest BCUT2D eigenvalue weighted by Gasteiger charge is -2.39. The number of likely N-dealkylation sites (tertiary alicyclic amines) is 1. The number of anilines is 1. The fourth-order valence-electron chi connectivity index (χ4n) is 5.19. The highest BCUT2D eigenvalue weighted by Crippen LogP contribution is 2.34. The van der Waals surface area contributed by atoms with Crippen molar-refractivity contribution in [2.24, 2.45) is 0 Å². The van der Waals surface area contributed by atoms with Crippen LogP contribution in [0.3, 0.4) is 0 Å². The summed E-state index contributed by atoms with van der Waals surface area (Å²) in [4.78, 5) is 23.2. The van der Waals surface area contributed by atoms with Gasteiger partial charge in [0.1, 0.15) is 5.82 Å². The van der Waals surface area contributed by atoms with Crippen molar-refractivity contribution in [3.8, 4) is 5.06 Å². The zero-order chi connectivity index (χ0) is 23.3. The van der Waals surface area contributed by atoms with Gasteiger partial charge < -0.3 is 24.3 Å². The summed E-state index contributed by atoms with van der Waals surface area (Å²) in [6.45, 7) is 8.70. The molecule has 0 saturated carbocycles. The highest BCUT2D eigenvalue weighted by atomic mass is 32.1. The second-order valence-corrected chi connectivity index (χ2v) is 10.6. The number of amides is 2. The fraction of sp³-hybridized carbons (Fsp3) is 0.577. The molecule has 0 N–H and O–H groups in total. The Hall–Kier alpha value is -2.32. The normalized spacial score (nSPS) is 19.3. The first-order valence-electron chi connectivity index (χ1n) is 12.7. The average molecular weight is 487 g/mol. The number of thiophene rings is 1. The zero-order valence-electron chi connectivity index (χ0n) is 19.9. The summed E-state index contributed by atoms with van der Waals surface area (Å²) in [5, 5.41) is 0.992. The minimum Gasteiger partial charge on any atom is -0.484 e. The van der Waals surface area contributed by atoms with Crippen molar-refractivity contribution in [2.75, 3.05) is 63.9 Å². The van der Waals surface area contributed by atoms with Crippen LogP contribution in [0.2, 0.25) is 0 Å². The van der Waals surface area contributed by atoms with E-state index in [1.807, 2.05) is 21.9 Å². The van der Waals surface area contributed by atoms with E-state index in [-0.39, 0.29) is 11.8 Å². The third kappa shape index (κ3) is 5.66. The van der Waals surface area contributed by atoms with Gasteiger partial charge in [0.15, 0.2) is 5.06 Å². The van der Waals surface area contributed by atoms with Crippen molar-refractivity contribution in [2.45, 2.75) is 38.6 Å². The Morgan fingerprint density at radius 1 is 0.941 bits per heavy atom. The molecule has 2 saturated heterocycles. The Balaban J connectivity index is 1.07. The van der Waals surface area contributed by atoms with Gasteiger partial charge in [-0.15, -0.1) is 11.3 Å². The van der Waals surface area contributed by atoms with E-state index in [1.54, 1.807) is 11.3 Å². The van der Waals surface area contributed by atoms with E-state index >= 15 is 0 Å². The van der Waals surface area contributed by atoms with Crippen LogP contribution in [-0.4, -0.2) is 79.7 Å². The maximum atomic E-state index is 13.2. The van der Waals surface area contributed by atoms with Crippen molar-refractivity contribution >= 4 is 23.1 Å². The van der Waals surface area contributed by atoms with E-state index in [0.717, 1.165) is 56.4 Å². The molecule has 184 valence electrons. The average Bonchev–Trinajstić information content (AvgIpc) is 3.29. The molecule has 2 fully saturated rings. The van der Waals surface area contributed by atoms with Crippen LogP contribution in [0.4, 0.5) is 14.9 Å². The Kier molecular flexibility index (Phi) is 7.54. The third-order valence-corrected chi connectivity index (χ3v) is 8.32. The number of benzene rings is 1. The van der Waals surface area contributed by atoms with Crippen molar-refractivity contribution < 1.29 is 13.9 Å². The first-order chi connectivity index (χ1) is 16.7. The molecule has 3 aliphatic rings. The van der Waals surface area contributed by atoms with Crippen LogP contribution in [0, 0.1) is 5.82 Å². The Bertz CT molecular complexity index is 952. The molecule has 0 radical (unpaired) electrons. The van der Waals surface area contributed by atoms with E-state index in [9.17, 15) is 9.18 Å². The number of rotatable bonds is 6. The molecule has 0 unspecified atom stereocenters. The molecule has 1 aromatic heterocycles. The molecule has 0 aliphatic carbocycles. The summed E-state index contributed by atoms with van der Waals surface area (Å²) >= 11 is 1.75. The van der Waals surface area contributed by atoms with E-state index in [2.05, 4.69) is 15.9 Å². The largest absolute Gasteiger partial charge is 0.484 e. The number of piperazine rings is 1. The maximum absolute atomic E-state index is 13.2. The number of fused-ring (bicyclic) bond motifs is 1. The summed E-state index contributed by atoms with van der Waals surface area (Å²) in [5.74, 6) is -0.221. The van der Waals surface area contributed by atoms with Gasteiger partial charge in [-0.2, -0.15) is 0 Å². The number of hydrogen-bond acceptors (Lipinski definition) is 5. The zero-order valence-corrected chi connectivity index (χ0v) is 20.7. The van der Waals surface area contributed by atoms with Gasteiger partial charge in [0.2, 0.25) is 0 Å². The predicted octanol–water partition coefficient (Wildman–Crippen LogP) is 4.44. The molecule has 1 aromatic carbocycles. The smallest absolute Gasteiger partial charge is 0.320 e. The molecule has 2 aromatic rings. The number of ether oxygens (including phenoxy) is 1. The van der Waals surface area contributed by atoms with Crippen LogP contribution in [-0.2, 0) is 13.0 Å². The highest BCUT2D eigenvalue weighted by molar-refractivity contribution is 7.14. The first kappa shape index (κ1) is 23.4. The third-order valence-electron chi connectivity index (χ3n) is 7.17. The monoisotopic (exact) mass is 486 g/mol. The lowest BCUT2D eigenvalue weighted by molar-refractivity contribution is 0.145. The molecule has 34 heavy (non-hydrogen) atoms. The number of piperidine rings is 1. The molecule has 6 nitrogen and oxygen atoms in total.